The van der Waals surface area contributed by atoms with E-state index in [0.717, 1.165) is 39.0 Å². The number of hydrogen-bond donors (Lipinski definition) is 1. The molecule has 1 aliphatic carbocycles. The number of rotatable bonds is 3. The molecule has 1 spiro atoms. The van der Waals surface area contributed by atoms with E-state index < -0.39 is 0 Å². The molecular weight excluding hydrogens is 238 g/mol. The summed E-state index contributed by atoms with van der Waals surface area (Å²) in [7, 11) is 0. The minimum atomic E-state index is -0.104. The van der Waals surface area contributed by atoms with E-state index in [9.17, 15) is 4.79 Å². The predicted octanol–water partition coefficient (Wildman–Crippen LogP) is 2.54. The van der Waals surface area contributed by atoms with Crippen LogP contribution in [0.4, 0.5) is 0 Å². The molecule has 3 rings (SSSR count). The highest BCUT2D eigenvalue weighted by Crippen LogP contribution is 2.47. The molecular formula is C16H27NO2. The van der Waals surface area contributed by atoms with Crippen molar-refractivity contribution in [2.45, 2.75) is 58.0 Å². The summed E-state index contributed by atoms with van der Waals surface area (Å²) in [4.78, 5) is 13.1. The molecule has 0 amide bonds. The van der Waals surface area contributed by atoms with Crippen LogP contribution in [-0.2, 0) is 9.53 Å². The number of carbonyl (C=O) groups is 1. The second-order valence-corrected chi connectivity index (χ2v) is 7.18. The number of carbonyl (C=O) groups excluding carboxylic acids is 1. The van der Waals surface area contributed by atoms with Crippen molar-refractivity contribution in [2.75, 3.05) is 19.7 Å². The second kappa shape index (κ2) is 4.85. The van der Waals surface area contributed by atoms with Crippen molar-refractivity contribution in [1.82, 2.24) is 5.32 Å². The van der Waals surface area contributed by atoms with Crippen molar-refractivity contribution >= 4 is 5.78 Å². The van der Waals surface area contributed by atoms with Gasteiger partial charge in [-0.25, -0.2) is 0 Å². The lowest BCUT2D eigenvalue weighted by Gasteiger charge is -2.48. The van der Waals surface area contributed by atoms with Gasteiger partial charge < -0.3 is 10.1 Å². The zero-order chi connectivity index (χ0) is 13.5. The van der Waals surface area contributed by atoms with E-state index in [2.05, 4.69) is 19.2 Å². The average Bonchev–Trinajstić information content (AvgIpc) is 2.87. The molecule has 2 aliphatic heterocycles. The van der Waals surface area contributed by atoms with Gasteiger partial charge in [-0.15, -0.1) is 0 Å². The van der Waals surface area contributed by atoms with Gasteiger partial charge in [0.05, 0.1) is 5.60 Å². The van der Waals surface area contributed by atoms with Gasteiger partial charge in [-0.05, 0) is 51.0 Å². The fraction of sp³-hybridized carbons (Fsp3) is 0.938. The first kappa shape index (κ1) is 13.6. The van der Waals surface area contributed by atoms with Gasteiger partial charge in [0.2, 0.25) is 0 Å². The Balaban J connectivity index is 1.75. The van der Waals surface area contributed by atoms with Gasteiger partial charge in [0.1, 0.15) is 5.78 Å². The number of hydrogen-bond acceptors (Lipinski definition) is 3. The predicted molar refractivity (Wildman–Crippen MR) is 75.0 cm³/mol. The molecule has 0 radical (unpaired) electrons. The Labute approximate surface area is 116 Å². The quantitative estimate of drug-likeness (QED) is 0.852. The van der Waals surface area contributed by atoms with Crippen molar-refractivity contribution in [3.05, 3.63) is 0 Å². The van der Waals surface area contributed by atoms with Crippen molar-refractivity contribution < 1.29 is 9.53 Å². The van der Waals surface area contributed by atoms with E-state index in [1.807, 2.05) is 0 Å². The molecule has 2 unspecified atom stereocenters. The zero-order valence-corrected chi connectivity index (χ0v) is 12.3. The van der Waals surface area contributed by atoms with Gasteiger partial charge in [-0.1, -0.05) is 13.8 Å². The highest BCUT2D eigenvalue weighted by atomic mass is 16.5. The van der Waals surface area contributed by atoms with E-state index in [1.165, 1.54) is 19.3 Å². The molecule has 2 atom stereocenters. The summed E-state index contributed by atoms with van der Waals surface area (Å²) in [5.41, 5.74) is -0.0181. The summed E-state index contributed by atoms with van der Waals surface area (Å²) < 4.78 is 5.97. The monoisotopic (exact) mass is 265 g/mol. The maximum atomic E-state index is 13.1. The third-order valence-electron chi connectivity index (χ3n) is 5.91. The Morgan fingerprint density at radius 3 is 2.63 bits per heavy atom. The van der Waals surface area contributed by atoms with Crippen molar-refractivity contribution in [3.8, 4) is 0 Å². The SMILES string of the molecule is CC(C)C1(C(=O)C2CCOC3(CCC3)C2)CCNC1. The van der Waals surface area contributed by atoms with Crippen molar-refractivity contribution in [3.63, 3.8) is 0 Å². The largest absolute Gasteiger partial charge is 0.375 e. The first-order valence-corrected chi connectivity index (χ1v) is 7.97. The highest BCUT2D eigenvalue weighted by molar-refractivity contribution is 5.88. The number of ketones is 1. The number of Topliss-reactive ketones (excluding diaryl/α,β-unsaturated/α-hetero) is 1. The van der Waals surface area contributed by atoms with Crippen LogP contribution < -0.4 is 5.32 Å². The maximum Gasteiger partial charge on any atom is 0.143 e. The molecule has 2 saturated heterocycles. The molecule has 2 heterocycles. The van der Waals surface area contributed by atoms with Crippen molar-refractivity contribution in [1.29, 1.82) is 0 Å². The van der Waals surface area contributed by atoms with Gasteiger partial charge in [-0.2, -0.15) is 0 Å². The van der Waals surface area contributed by atoms with Crippen LogP contribution in [0.3, 0.4) is 0 Å². The van der Waals surface area contributed by atoms with Gasteiger partial charge in [0.25, 0.3) is 0 Å². The number of ether oxygens (including phenoxy) is 1. The van der Waals surface area contributed by atoms with Crippen LogP contribution in [0.15, 0.2) is 0 Å². The van der Waals surface area contributed by atoms with E-state index in [1.54, 1.807) is 0 Å². The van der Waals surface area contributed by atoms with Gasteiger partial charge in [0.15, 0.2) is 0 Å². The maximum absolute atomic E-state index is 13.1. The van der Waals surface area contributed by atoms with Crippen LogP contribution in [0.2, 0.25) is 0 Å². The smallest absolute Gasteiger partial charge is 0.143 e. The number of nitrogens with one attached hydrogen (secondary N) is 1. The summed E-state index contributed by atoms with van der Waals surface area (Å²) in [5, 5.41) is 3.41. The zero-order valence-electron chi connectivity index (χ0n) is 12.3. The lowest BCUT2D eigenvalue weighted by molar-refractivity contribution is -0.162. The lowest BCUT2D eigenvalue weighted by atomic mass is 9.64. The summed E-state index contributed by atoms with van der Waals surface area (Å²) in [5.74, 6) is 1.22. The Morgan fingerprint density at radius 1 is 1.32 bits per heavy atom. The normalized spacial score (nSPS) is 37.5. The minimum absolute atomic E-state index is 0.0861. The summed E-state index contributed by atoms with van der Waals surface area (Å²) in [6, 6.07) is 0. The molecule has 1 N–H and O–H groups in total. The van der Waals surface area contributed by atoms with Gasteiger partial charge >= 0.3 is 0 Å². The topological polar surface area (TPSA) is 38.3 Å². The average molecular weight is 265 g/mol. The third-order valence-corrected chi connectivity index (χ3v) is 5.91. The molecule has 3 nitrogen and oxygen atoms in total. The summed E-state index contributed by atoms with van der Waals surface area (Å²) in [6.07, 6.45) is 6.56. The molecule has 108 valence electrons. The molecule has 3 aliphatic rings. The standard InChI is InChI=1S/C16H27NO2/c1-12(2)16(7-8-17-11-16)14(18)13-4-9-19-15(10-13)5-3-6-15/h12-13,17H,3-11H2,1-2H3. The second-order valence-electron chi connectivity index (χ2n) is 7.18. The van der Waals surface area contributed by atoms with Crippen LogP contribution in [0.1, 0.15) is 52.4 Å². The van der Waals surface area contributed by atoms with Crippen LogP contribution in [0, 0.1) is 17.3 Å². The van der Waals surface area contributed by atoms with Crippen LogP contribution in [-0.4, -0.2) is 31.1 Å². The first-order chi connectivity index (χ1) is 9.08. The molecule has 3 heteroatoms. The summed E-state index contributed by atoms with van der Waals surface area (Å²) >= 11 is 0. The fourth-order valence-electron chi connectivity index (χ4n) is 4.28. The molecule has 19 heavy (non-hydrogen) atoms. The Bertz CT molecular complexity index is 354. The van der Waals surface area contributed by atoms with Gasteiger partial charge in [-0.3, -0.25) is 4.79 Å². The van der Waals surface area contributed by atoms with Crippen LogP contribution in [0.5, 0.6) is 0 Å². The van der Waals surface area contributed by atoms with E-state index >= 15 is 0 Å². The van der Waals surface area contributed by atoms with E-state index in [4.69, 9.17) is 4.74 Å². The molecule has 0 bridgehead atoms. The molecule has 3 fully saturated rings. The Kier molecular flexibility index (Phi) is 3.46. The molecule has 0 aromatic carbocycles. The minimum Gasteiger partial charge on any atom is -0.375 e. The van der Waals surface area contributed by atoms with E-state index in [0.29, 0.717) is 11.7 Å². The summed E-state index contributed by atoms with van der Waals surface area (Å²) in [6.45, 7) is 7.09. The molecule has 1 saturated carbocycles. The van der Waals surface area contributed by atoms with Crippen LogP contribution in [0.25, 0.3) is 0 Å². The lowest BCUT2D eigenvalue weighted by Crippen LogP contribution is -2.51. The van der Waals surface area contributed by atoms with Crippen LogP contribution >= 0.6 is 0 Å². The van der Waals surface area contributed by atoms with E-state index in [-0.39, 0.29) is 16.9 Å². The Morgan fingerprint density at radius 2 is 2.11 bits per heavy atom. The van der Waals surface area contributed by atoms with Gasteiger partial charge in [0, 0.05) is 24.5 Å². The fourth-order valence-corrected chi connectivity index (χ4v) is 4.28. The Hall–Kier alpha value is -0.410. The van der Waals surface area contributed by atoms with Crippen molar-refractivity contribution in [2.24, 2.45) is 17.3 Å². The highest BCUT2D eigenvalue weighted by Gasteiger charge is 2.50. The first-order valence-electron chi connectivity index (χ1n) is 7.97. The molecule has 0 aromatic heterocycles. The third kappa shape index (κ3) is 2.15. The molecule has 0 aromatic rings.